The van der Waals surface area contributed by atoms with Gasteiger partial charge in [-0.15, -0.1) is 0 Å². The zero-order chi connectivity index (χ0) is 12.3. The Hall–Kier alpha value is -0.650. The van der Waals surface area contributed by atoms with Crippen LogP contribution in [-0.2, 0) is 6.42 Å². The molecule has 2 N–H and O–H groups in total. The van der Waals surface area contributed by atoms with Crippen molar-refractivity contribution in [3.63, 3.8) is 0 Å². The molecule has 0 aliphatic heterocycles. The molecular formula is C13H12ClIN2. The van der Waals surface area contributed by atoms with Crippen LogP contribution in [0.15, 0.2) is 42.7 Å². The number of nitrogens with two attached hydrogens (primary N) is 1. The Kier molecular flexibility index (Phi) is 4.36. The lowest BCUT2D eigenvalue weighted by atomic mass is 10.0. The molecule has 0 aliphatic rings. The summed E-state index contributed by atoms with van der Waals surface area (Å²) in [4.78, 5) is 4.09. The Morgan fingerprint density at radius 1 is 1.35 bits per heavy atom. The maximum Gasteiger partial charge on any atom is 0.0410 e. The summed E-state index contributed by atoms with van der Waals surface area (Å²) in [5.74, 6) is 0. The second kappa shape index (κ2) is 5.80. The first-order valence-electron chi connectivity index (χ1n) is 5.26. The van der Waals surface area contributed by atoms with E-state index in [-0.39, 0.29) is 6.04 Å². The fourth-order valence-corrected chi connectivity index (χ4v) is 2.60. The molecule has 0 spiro atoms. The topological polar surface area (TPSA) is 38.9 Å². The fourth-order valence-electron chi connectivity index (χ4n) is 1.68. The lowest BCUT2D eigenvalue weighted by Crippen LogP contribution is -2.14. The minimum atomic E-state index is -0.0511. The molecule has 2 aromatic rings. The summed E-state index contributed by atoms with van der Waals surface area (Å²) in [5.41, 5.74) is 8.43. The average Bonchev–Trinajstić information content (AvgIpc) is 2.33. The largest absolute Gasteiger partial charge is 0.324 e. The second-order valence-electron chi connectivity index (χ2n) is 3.84. The summed E-state index contributed by atoms with van der Waals surface area (Å²) in [6.07, 6.45) is 4.37. The number of halogens is 2. The highest BCUT2D eigenvalue weighted by atomic mass is 127. The summed E-state index contributed by atoms with van der Waals surface area (Å²) >= 11 is 8.27. The molecule has 1 heterocycles. The first-order valence-corrected chi connectivity index (χ1v) is 6.72. The van der Waals surface area contributed by atoms with Gasteiger partial charge in [-0.3, -0.25) is 4.98 Å². The third kappa shape index (κ3) is 3.40. The van der Waals surface area contributed by atoms with Crippen molar-refractivity contribution in [3.05, 3.63) is 62.4 Å². The lowest BCUT2D eigenvalue weighted by molar-refractivity contribution is 0.716. The number of hydrogen-bond acceptors (Lipinski definition) is 2. The standard InChI is InChI=1S/C13H12ClIN2/c14-10-3-4-12(15)11(7-10)13(16)6-9-2-1-5-17-8-9/h1-5,7-8,13H,6,16H2. The van der Waals surface area contributed by atoms with Crippen molar-refractivity contribution in [1.29, 1.82) is 0 Å². The van der Waals surface area contributed by atoms with Crippen LogP contribution in [0.1, 0.15) is 17.2 Å². The van der Waals surface area contributed by atoms with E-state index in [0.717, 1.165) is 26.1 Å². The Bertz CT molecular complexity index is 502. The number of pyridine rings is 1. The van der Waals surface area contributed by atoms with E-state index < -0.39 is 0 Å². The fraction of sp³-hybridized carbons (Fsp3) is 0.154. The molecular weight excluding hydrogens is 347 g/mol. The van der Waals surface area contributed by atoms with Gasteiger partial charge in [-0.05, 0) is 64.4 Å². The Morgan fingerprint density at radius 3 is 2.88 bits per heavy atom. The maximum absolute atomic E-state index is 6.21. The summed E-state index contributed by atoms with van der Waals surface area (Å²) in [5, 5.41) is 0.724. The highest BCUT2D eigenvalue weighted by Gasteiger charge is 2.11. The molecule has 0 bridgehead atoms. The predicted molar refractivity (Wildman–Crippen MR) is 79.0 cm³/mol. The third-order valence-corrected chi connectivity index (χ3v) is 3.75. The molecule has 88 valence electrons. The van der Waals surface area contributed by atoms with Crippen LogP contribution in [0, 0.1) is 3.57 Å². The molecule has 2 nitrogen and oxygen atoms in total. The van der Waals surface area contributed by atoms with Crippen molar-refractivity contribution in [2.75, 3.05) is 0 Å². The minimum absolute atomic E-state index is 0.0511. The van der Waals surface area contributed by atoms with Crippen molar-refractivity contribution in [3.8, 4) is 0 Å². The molecule has 4 heteroatoms. The third-order valence-electron chi connectivity index (χ3n) is 2.54. The number of rotatable bonds is 3. The molecule has 0 fully saturated rings. The van der Waals surface area contributed by atoms with Gasteiger partial charge in [0.05, 0.1) is 0 Å². The van der Waals surface area contributed by atoms with Crippen LogP contribution in [0.2, 0.25) is 5.02 Å². The molecule has 0 saturated carbocycles. The van der Waals surface area contributed by atoms with Crippen molar-refractivity contribution in [1.82, 2.24) is 4.98 Å². The molecule has 0 amide bonds. The SMILES string of the molecule is NC(Cc1cccnc1)c1cc(Cl)ccc1I. The summed E-state index contributed by atoms with van der Waals surface area (Å²) in [7, 11) is 0. The maximum atomic E-state index is 6.21. The van der Waals surface area contributed by atoms with Crippen LogP contribution in [0.25, 0.3) is 0 Å². The molecule has 17 heavy (non-hydrogen) atoms. The summed E-state index contributed by atoms with van der Waals surface area (Å²) in [6, 6.07) is 9.70. The molecule has 0 saturated heterocycles. The van der Waals surface area contributed by atoms with Gasteiger partial charge in [0.2, 0.25) is 0 Å². The van der Waals surface area contributed by atoms with Gasteiger partial charge in [-0.2, -0.15) is 0 Å². The van der Waals surface area contributed by atoms with Crippen LogP contribution >= 0.6 is 34.2 Å². The minimum Gasteiger partial charge on any atom is -0.324 e. The Labute approximate surface area is 119 Å². The van der Waals surface area contributed by atoms with Gasteiger partial charge < -0.3 is 5.73 Å². The van der Waals surface area contributed by atoms with Gasteiger partial charge in [0.1, 0.15) is 0 Å². The Morgan fingerprint density at radius 2 is 2.18 bits per heavy atom. The van der Waals surface area contributed by atoms with Gasteiger partial charge in [-0.1, -0.05) is 17.7 Å². The van der Waals surface area contributed by atoms with E-state index in [9.17, 15) is 0 Å². The van der Waals surface area contributed by atoms with E-state index in [1.54, 1.807) is 6.20 Å². The molecule has 0 aliphatic carbocycles. The number of hydrogen-bond donors (Lipinski definition) is 1. The molecule has 1 aromatic carbocycles. The number of aromatic nitrogens is 1. The van der Waals surface area contributed by atoms with Gasteiger partial charge in [0, 0.05) is 27.0 Å². The summed E-state index contributed by atoms with van der Waals surface area (Å²) in [6.45, 7) is 0. The first-order chi connectivity index (χ1) is 8.16. The van der Waals surface area contributed by atoms with Crippen LogP contribution in [0.4, 0.5) is 0 Å². The summed E-state index contributed by atoms with van der Waals surface area (Å²) < 4.78 is 1.14. The van der Waals surface area contributed by atoms with Gasteiger partial charge >= 0.3 is 0 Å². The van der Waals surface area contributed by atoms with Crippen molar-refractivity contribution in [2.24, 2.45) is 5.73 Å². The van der Waals surface area contributed by atoms with E-state index in [1.807, 2.05) is 36.5 Å². The highest BCUT2D eigenvalue weighted by molar-refractivity contribution is 14.1. The van der Waals surface area contributed by atoms with E-state index >= 15 is 0 Å². The smallest absolute Gasteiger partial charge is 0.0410 e. The van der Waals surface area contributed by atoms with Crippen LogP contribution < -0.4 is 5.73 Å². The van der Waals surface area contributed by atoms with Crippen molar-refractivity contribution in [2.45, 2.75) is 12.5 Å². The molecule has 1 atom stereocenters. The average molecular weight is 359 g/mol. The van der Waals surface area contributed by atoms with Crippen LogP contribution in [0.5, 0.6) is 0 Å². The Balaban J connectivity index is 2.20. The predicted octanol–water partition coefficient (Wildman–Crippen LogP) is 3.58. The zero-order valence-electron chi connectivity index (χ0n) is 9.11. The molecule has 1 aromatic heterocycles. The van der Waals surface area contributed by atoms with Crippen LogP contribution in [0.3, 0.4) is 0 Å². The van der Waals surface area contributed by atoms with E-state index in [1.165, 1.54) is 0 Å². The van der Waals surface area contributed by atoms with Crippen molar-refractivity contribution >= 4 is 34.2 Å². The van der Waals surface area contributed by atoms with E-state index in [4.69, 9.17) is 17.3 Å². The lowest BCUT2D eigenvalue weighted by Gasteiger charge is -2.14. The van der Waals surface area contributed by atoms with Crippen LogP contribution in [-0.4, -0.2) is 4.98 Å². The van der Waals surface area contributed by atoms with E-state index in [2.05, 4.69) is 27.6 Å². The zero-order valence-corrected chi connectivity index (χ0v) is 12.0. The number of nitrogens with zero attached hydrogens (tertiary/aromatic N) is 1. The first kappa shape index (κ1) is 12.8. The second-order valence-corrected chi connectivity index (χ2v) is 5.44. The van der Waals surface area contributed by atoms with Crippen molar-refractivity contribution < 1.29 is 0 Å². The monoisotopic (exact) mass is 358 g/mol. The van der Waals surface area contributed by atoms with E-state index in [0.29, 0.717) is 0 Å². The normalized spacial score (nSPS) is 12.4. The highest BCUT2D eigenvalue weighted by Crippen LogP contribution is 2.24. The molecule has 0 radical (unpaired) electrons. The molecule has 2 rings (SSSR count). The van der Waals surface area contributed by atoms with Gasteiger partial charge in [-0.25, -0.2) is 0 Å². The van der Waals surface area contributed by atoms with Gasteiger partial charge in [0.15, 0.2) is 0 Å². The number of benzene rings is 1. The molecule has 1 unspecified atom stereocenters. The quantitative estimate of drug-likeness (QED) is 0.852. The van der Waals surface area contributed by atoms with Gasteiger partial charge in [0.25, 0.3) is 0 Å².